The summed E-state index contributed by atoms with van der Waals surface area (Å²) in [5.74, 6) is 6.33. The van der Waals surface area contributed by atoms with Gasteiger partial charge in [0, 0.05) is 5.92 Å². The molecule has 0 fully saturated rings. The number of fused-ring (bicyclic) bond motifs is 1. The van der Waals surface area contributed by atoms with Gasteiger partial charge in [0.25, 0.3) is 0 Å². The fourth-order valence-electron chi connectivity index (χ4n) is 3.13. The molecule has 3 N–H and O–H groups in total. The molecule has 0 saturated heterocycles. The first-order valence-corrected chi connectivity index (χ1v) is 6.82. The molecule has 0 heterocycles. The smallest absolute Gasteiger partial charge is 0.0534 e. The van der Waals surface area contributed by atoms with Gasteiger partial charge in [0.15, 0.2) is 0 Å². The van der Waals surface area contributed by atoms with E-state index < -0.39 is 0 Å². The average molecular weight is 252 g/mol. The third kappa shape index (κ3) is 1.97. The molecule has 1 aliphatic rings. The van der Waals surface area contributed by atoms with Crippen molar-refractivity contribution in [2.75, 3.05) is 0 Å². The highest BCUT2D eigenvalue weighted by molar-refractivity contribution is 5.45. The largest absolute Gasteiger partial charge is 0.271 e. The molecule has 2 heteroatoms. The Morgan fingerprint density at radius 3 is 2.63 bits per heavy atom. The van der Waals surface area contributed by atoms with Gasteiger partial charge in [-0.05, 0) is 48.1 Å². The van der Waals surface area contributed by atoms with Gasteiger partial charge in [-0.3, -0.25) is 11.3 Å². The molecule has 0 spiro atoms. The quantitative estimate of drug-likeness (QED) is 0.650. The maximum absolute atomic E-state index is 5.84. The van der Waals surface area contributed by atoms with Gasteiger partial charge in [0.05, 0.1) is 6.04 Å². The molecular formula is C17H20N2. The maximum atomic E-state index is 5.84. The second kappa shape index (κ2) is 4.80. The van der Waals surface area contributed by atoms with Crippen LogP contribution >= 0.6 is 0 Å². The van der Waals surface area contributed by atoms with Crippen LogP contribution in [0.1, 0.15) is 39.8 Å². The number of nitrogens with two attached hydrogens (primary N) is 1. The van der Waals surface area contributed by atoms with Crippen molar-refractivity contribution >= 4 is 0 Å². The van der Waals surface area contributed by atoms with Gasteiger partial charge in [-0.2, -0.15) is 0 Å². The summed E-state index contributed by atoms with van der Waals surface area (Å²) in [5.41, 5.74) is 9.91. The summed E-state index contributed by atoms with van der Waals surface area (Å²) in [6.07, 6.45) is 1.11. The number of hydrazine groups is 1. The first kappa shape index (κ1) is 12.4. The standard InChI is InChI=1S/C17H20N2/c1-11-6-5-9-14(12(11)2)17(19-18)16-10-13-7-3-4-8-15(13)16/h3-9,16-17,19H,10,18H2,1-2H3. The predicted molar refractivity (Wildman–Crippen MR) is 78.9 cm³/mol. The number of nitrogens with one attached hydrogen (secondary N) is 1. The molecule has 0 aliphatic heterocycles. The topological polar surface area (TPSA) is 38.0 Å². The Bertz CT molecular complexity index is 604. The normalized spacial score (nSPS) is 18.6. The highest BCUT2D eigenvalue weighted by Crippen LogP contribution is 2.43. The van der Waals surface area contributed by atoms with Crippen molar-refractivity contribution in [2.24, 2.45) is 5.84 Å². The van der Waals surface area contributed by atoms with Crippen LogP contribution in [0.4, 0.5) is 0 Å². The SMILES string of the molecule is Cc1cccc(C(NN)C2Cc3ccccc32)c1C. The lowest BCUT2D eigenvalue weighted by atomic mass is 9.71. The van der Waals surface area contributed by atoms with E-state index in [1.165, 1.54) is 27.8 Å². The predicted octanol–water partition coefficient (Wildman–Crippen LogP) is 3.15. The fourth-order valence-corrected chi connectivity index (χ4v) is 3.13. The molecule has 2 aromatic carbocycles. The Morgan fingerprint density at radius 2 is 1.89 bits per heavy atom. The summed E-state index contributed by atoms with van der Waals surface area (Å²) < 4.78 is 0. The molecule has 0 saturated carbocycles. The molecule has 19 heavy (non-hydrogen) atoms. The van der Waals surface area contributed by atoms with Crippen molar-refractivity contribution in [3.8, 4) is 0 Å². The van der Waals surface area contributed by atoms with E-state index in [0.717, 1.165) is 6.42 Å². The van der Waals surface area contributed by atoms with Gasteiger partial charge < -0.3 is 0 Å². The lowest BCUT2D eigenvalue weighted by molar-refractivity contribution is 0.417. The zero-order chi connectivity index (χ0) is 13.4. The summed E-state index contributed by atoms with van der Waals surface area (Å²) in [5, 5.41) is 0. The fraction of sp³-hybridized carbons (Fsp3) is 0.294. The van der Waals surface area contributed by atoms with Crippen LogP contribution in [0.25, 0.3) is 0 Å². The monoisotopic (exact) mass is 252 g/mol. The summed E-state index contributed by atoms with van der Waals surface area (Å²) >= 11 is 0. The molecule has 2 nitrogen and oxygen atoms in total. The minimum Gasteiger partial charge on any atom is -0.271 e. The molecule has 2 aromatic rings. The van der Waals surface area contributed by atoms with Crippen LogP contribution in [-0.2, 0) is 6.42 Å². The number of benzene rings is 2. The highest BCUT2D eigenvalue weighted by Gasteiger charge is 2.33. The van der Waals surface area contributed by atoms with E-state index in [2.05, 4.69) is 61.7 Å². The van der Waals surface area contributed by atoms with Gasteiger partial charge in [0.2, 0.25) is 0 Å². The van der Waals surface area contributed by atoms with Gasteiger partial charge in [-0.25, -0.2) is 0 Å². The van der Waals surface area contributed by atoms with E-state index in [4.69, 9.17) is 5.84 Å². The van der Waals surface area contributed by atoms with E-state index >= 15 is 0 Å². The van der Waals surface area contributed by atoms with E-state index in [-0.39, 0.29) is 6.04 Å². The summed E-state index contributed by atoms with van der Waals surface area (Å²) in [6, 6.07) is 15.3. The van der Waals surface area contributed by atoms with Crippen LogP contribution in [0.2, 0.25) is 0 Å². The number of rotatable bonds is 3. The number of aryl methyl sites for hydroxylation is 1. The van der Waals surface area contributed by atoms with E-state index in [9.17, 15) is 0 Å². The molecule has 0 amide bonds. The second-order valence-corrected chi connectivity index (χ2v) is 5.44. The van der Waals surface area contributed by atoms with Gasteiger partial charge in [-0.1, -0.05) is 42.5 Å². The Morgan fingerprint density at radius 1 is 1.11 bits per heavy atom. The molecular weight excluding hydrogens is 232 g/mol. The first-order valence-electron chi connectivity index (χ1n) is 6.82. The van der Waals surface area contributed by atoms with Crippen molar-refractivity contribution in [2.45, 2.75) is 32.2 Å². The Hall–Kier alpha value is -1.64. The molecule has 98 valence electrons. The van der Waals surface area contributed by atoms with E-state index in [1.807, 2.05) is 0 Å². The van der Waals surface area contributed by atoms with Gasteiger partial charge in [0.1, 0.15) is 0 Å². The number of hydrogen-bond acceptors (Lipinski definition) is 2. The zero-order valence-electron chi connectivity index (χ0n) is 11.5. The van der Waals surface area contributed by atoms with Crippen LogP contribution in [0.3, 0.4) is 0 Å². The third-order valence-corrected chi connectivity index (χ3v) is 4.46. The van der Waals surface area contributed by atoms with E-state index in [0.29, 0.717) is 5.92 Å². The van der Waals surface area contributed by atoms with Crippen molar-refractivity contribution in [1.82, 2.24) is 5.43 Å². The summed E-state index contributed by atoms with van der Waals surface area (Å²) in [4.78, 5) is 0. The molecule has 2 atom stereocenters. The van der Waals surface area contributed by atoms with Crippen LogP contribution in [0.15, 0.2) is 42.5 Å². The van der Waals surface area contributed by atoms with Crippen molar-refractivity contribution in [1.29, 1.82) is 0 Å². The third-order valence-electron chi connectivity index (χ3n) is 4.46. The minimum absolute atomic E-state index is 0.204. The van der Waals surface area contributed by atoms with Gasteiger partial charge in [-0.15, -0.1) is 0 Å². The zero-order valence-corrected chi connectivity index (χ0v) is 11.5. The summed E-state index contributed by atoms with van der Waals surface area (Å²) in [6.45, 7) is 4.33. The number of hydrogen-bond donors (Lipinski definition) is 2. The average Bonchev–Trinajstić information content (AvgIpc) is 2.40. The molecule has 3 rings (SSSR count). The summed E-state index contributed by atoms with van der Waals surface area (Å²) in [7, 11) is 0. The van der Waals surface area contributed by atoms with Crippen LogP contribution in [0.5, 0.6) is 0 Å². The first-order chi connectivity index (χ1) is 9.22. The molecule has 0 bridgehead atoms. The Balaban J connectivity index is 1.97. The lowest BCUT2D eigenvalue weighted by Crippen LogP contribution is -2.37. The lowest BCUT2D eigenvalue weighted by Gasteiger charge is -2.37. The maximum Gasteiger partial charge on any atom is 0.0534 e. The highest BCUT2D eigenvalue weighted by atomic mass is 15.2. The Kier molecular flexibility index (Phi) is 3.13. The minimum atomic E-state index is 0.204. The molecule has 0 radical (unpaired) electrons. The second-order valence-electron chi connectivity index (χ2n) is 5.44. The van der Waals surface area contributed by atoms with Crippen LogP contribution < -0.4 is 11.3 Å². The van der Waals surface area contributed by atoms with Crippen molar-refractivity contribution in [3.63, 3.8) is 0 Å². The van der Waals surface area contributed by atoms with Crippen molar-refractivity contribution in [3.05, 3.63) is 70.3 Å². The molecule has 2 unspecified atom stereocenters. The van der Waals surface area contributed by atoms with E-state index in [1.54, 1.807) is 0 Å². The van der Waals surface area contributed by atoms with Crippen LogP contribution in [0, 0.1) is 13.8 Å². The van der Waals surface area contributed by atoms with Gasteiger partial charge >= 0.3 is 0 Å². The molecule has 0 aromatic heterocycles. The van der Waals surface area contributed by atoms with Crippen molar-refractivity contribution < 1.29 is 0 Å². The molecule has 1 aliphatic carbocycles. The van der Waals surface area contributed by atoms with Crippen LogP contribution in [-0.4, -0.2) is 0 Å². The Labute approximate surface area is 114 Å².